The number of fused-ring (bicyclic) bond motifs is 1. The van der Waals surface area contributed by atoms with Crippen LogP contribution in [-0.2, 0) is 11.2 Å². The first kappa shape index (κ1) is 16.7. The molecule has 2 aromatic rings. The second-order valence-corrected chi connectivity index (χ2v) is 8.61. The normalized spacial score (nSPS) is 25.6. The van der Waals surface area contributed by atoms with E-state index in [2.05, 4.69) is 10.3 Å². The summed E-state index contributed by atoms with van der Waals surface area (Å²) in [4.78, 5) is 32.2. The van der Waals surface area contributed by atoms with Gasteiger partial charge in [0.2, 0.25) is 5.91 Å². The minimum Gasteiger partial charge on any atom is -0.348 e. The van der Waals surface area contributed by atoms with Crippen molar-refractivity contribution in [1.82, 2.24) is 15.2 Å². The average molecular weight is 376 g/mol. The summed E-state index contributed by atoms with van der Waals surface area (Å²) in [7, 11) is 0. The van der Waals surface area contributed by atoms with Crippen LogP contribution < -0.4 is 5.32 Å². The Kier molecular flexibility index (Phi) is 4.85. The Balaban J connectivity index is 1.39. The van der Waals surface area contributed by atoms with Crippen LogP contribution in [0, 0.1) is 11.8 Å². The van der Waals surface area contributed by atoms with Gasteiger partial charge in [-0.1, -0.05) is 12.5 Å². The fraction of sp³-hybridized carbons (Fsp3) is 0.500. The lowest BCUT2D eigenvalue weighted by Gasteiger charge is -2.33. The zero-order valence-corrected chi connectivity index (χ0v) is 15.5. The van der Waals surface area contributed by atoms with Gasteiger partial charge in [0.05, 0.1) is 11.9 Å². The van der Waals surface area contributed by atoms with Gasteiger partial charge in [0.25, 0.3) is 5.91 Å². The van der Waals surface area contributed by atoms with Crippen molar-refractivity contribution in [3.63, 3.8) is 0 Å². The van der Waals surface area contributed by atoms with E-state index in [1.165, 1.54) is 11.3 Å². The third kappa shape index (κ3) is 3.62. The zero-order chi connectivity index (χ0) is 17.2. The lowest BCUT2D eigenvalue weighted by Crippen LogP contribution is -2.45. The van der Waals surface area contributed by atoms with E-state index in [1.54, 1.807) is 22.2 Å². The first-order chi connectivity index (χ1) is 12.2. The summed E-state index contributed by atoms with van der Waals surface area (Å²) in [5, 5.41) is 6.96. The second kappa shape index (κ2) is 7.25. The van der Waals surface area contributed by atoms with Crippen LogP contribution in [0.3, 0.4) is 0 Å². The van der Waals surface area contributed by atoms with Crippen LogP contribution in [0.4, 0.5) is 0 Å². The second-order valence-electron chi connectivity index (χ2n) is 6.86. The number of thiophene rings is 1. The largest absolute Gasteiger partial charge is 0.348 e. The highest BCUT2D eigenvalue weighted by molar-refractivity contribution is 7.10. The molecule has 0 radical (unpaired) electrons. The van der Waals surface area contributed by atoms with Gasteiger partial charge in [0.15, 0.2) is 0 Å². The maximum absolute atomic E-state index is 12.6. The van der Waals surface area contributed by atoms with E-state index in [9.17, 15) is 9.59 Å². The van der Waals surface area contributed by atoms with Crippen molar-refractivity contribution in [1.29, 1.82) is 0 Å². The number of aromatic nitrogens is 1. The number of rotatable bonds is 4. The van der Waals surface area contributed by atoms with Gasteiger partial charge in [-0.15, -0.1) is 22.7 Å². The molecule has 25 heavy (non-hydrogen) atoms. The number of amides is 2. The molecule has 3 atom stereocenters. The molecule has 1 N–H and O–H groups in total. The van der Waals surface area contributed by atoms with E-state index in [0.717, 1.165) is 37.2 Å². The van der Waals surface area contributed by atoms with Crippen molar-refractivity contribution in [2.75, 3.05) is 13.1 Å². The number of carbonyl (C=O) groups excluding carboxylic acids is 2. The van der Waals surface area contributed by atoms with Gasteiger partial charge >= 0.3 is 0 Å². The van der Waals surface area contributed by atoms with Crippen LogP contribution in [-0.4, -0.2) is 40.8 Å². The van der Waals surface area contributed by atoms with Crippen molar-refractivity contribution in [2.45, 2.75) is 31.7 Å². The molecule has 1 aliphatic carbocycles. The molecule has 2 aliphatic rings. The number of likely N-dealkylation sites (tertiary alicyclic amines) is 1. The third-order valence-electron chi connectivity index (χ3n) is 5.34. The highest BCUT2D eigenvalue weighted by atomic mass is 32.1. The molecule has 132 valence electrons. The number of carbonyl (C=O) groups is 2. The van der Waals surface area contributed by atoms with Gasteiger partial charge in [-0.2, -0.15) is 0 Å². The van der Waals surface area contributed by atoms with Crippen molar-refractivity contribution in [3.05, 3.63) is 39.0 Å². The smallest absolute Gasteiger partial charge is 0.270 e. The molecule has 2 fully saturated rings. The molecule has 1 saturated heterocycles. The van der Waals surface area contributed by atoms with Crippen LogP contribution in [0.5, 0.6) is 0 Å². The standard InChI is InChI=1S/C18H21N3O2S2/c22-17(7-13-4-2-6-25-13)21-8-12-3-1-5-15(14(12)9-21)20-18(23)16-10-24-11-19-16/h2,4,6,10-12,14-15H,1,3,5,7-9H2,(H,20,23). The van der Waals surface area contributed by atoms with Crippen LogP contribution >= 0.6 is 22.7 Å². The molecule has 0 bridgehead atoms. The molecule has 1 saturated carbocycles. The van der Waals surface area contributed by atoms with Crippen molar-refractivity contribution >= 4 is 34.5 Å². The van der Waals surface area contributed by atoms with Crippen LogP contribution in [0.1, 0.15) is 34.6 Å². The number of hydrogen-bond acceptors (Lipinski definition) is 5. The van der Waals surface area contributed by atoms with E-state index in [4.69, 9.17) is 0 Å². The Bertz CT molecular complexity index is 730. The van der Waals surface area contributed by atoms with Gasteiger partial charge in [0, 0.05) is 35.3 Å². The maximum Gasteiger partial charge on any atom is 0.270 e. The molecule has 3 heterocycles. The molecule has 2 amide bonds. The fourth-order valence-electron chi connectivity index (χ4n) is 4.10. The molecular formula is C18H21N3O2S2. The van der Waals surface area contributed by atoms with Gasteiger partial charge in [-0.3, -0.25) is 9.59 Å². The minimum atomic E-state index is -0.0877. The summed E-state index contributed by atoms with van der Waals surface area (Å²) in [5.41, 5.74) is 2.18. The average Bonchev–Trinajstić information content (AvgIpc) is 3.36. The predicted octanol–water partition coefficient (Wildman–Crippen LogP) is 2.80. The quantitative estimate of drug-likeness (QED) is 0.894. The van der Waals surface area contributed by atoms with E-state index < -0.39 is 0 Å². The van der Waals surface area contributed by atoms with Gasteiger partial charge < -0.3 is 10.2 Å². The van der Waals surface area contributed by atoms with Crippen molar-refractivity contribution < 1.29 is 9.59 Å². The van der Waals surface area contributed by atoms with E-state index >= 15 is 0 Å². The topological polar surface area (TPSA) is 62.3 Å². The first-order valence-electron chi connectivity index (χ1n) is 8.70. The molecule has 3 unspecified atom stereocenters. The highest BCUT2D eigenvalue weighted by Crippen LogP contribution is 2.37. The first-order valence-corrected chi connectivity index (χ1v) is 10.5. The molecule has 0 spiro atoms. The Hall–Kier alpha value is -1.73. The SMILES string of the molecule is O=C(NC1CCCC2CN(C(=O)Cc3cccs3)CC21)c1cscn1. The predicted molar refractivity (Wildman–Crippen MR) is 98.8 cm³/mol. The monoisotopic (exact) mass is 375 g/mol. The molecule has 4 rings (SSSR count). The van der Waals surface area contributed by atoms with Crippen molar-refractivity contribution in [3.8, 4) is 0 Å². The summed E-state index contributed by atoms with van der Waals surface area (Å²) in [6, 6.07) is 4.15. The zero-order valence-electron chi connectivity index (χ0n) is 13.9. The molecule has 7 heteroatoms. The molecule has 2 aromatic heterocycles. The van der Waals surface area contributed by atoms with E-state index in [-0.39, 0.29) is 17.9 Å². The lowest BCUT2D eigenvalue weighted by molar-refractivity contribution is -0.129. The van der Waals surface area contributed by atoms with E-state index in [0.29, 0.717) is 24.0 Å². The van der Waals surface area contributed by atoms with Crippen LogP contribution in [0.2, 0.25) is 0 Å². The maximum atomic E-state index is 12.6. The summed E-state index contributed by atoms with van der Waals surface area (Å²) < 4.78 is 0. The summed E-state index contributed by atoms with van der Waals surface area (Å²) in [6.45, 7) is 1.59. The number of nitrogens with zero attached hydrogens (tertiary/aromatic N) is 2. The minimum absolute atomic E-state index is 0.0877. The van der Waals surface area contributed by atoms with Crippen molar-refractivity contribution in [2.24, 2.45) is 11.8 Å². The summed E-state index contributed by atoms with van der Waals surface area (Å²) >= 11 is 3.06. The van der Waals surface area contributed by atoms with Gasteiger partial charge in [0.1, 0.15) is 5.69 Å². The molecule has 1 aliphatic heterocycles. The van der Waals surface area contributed by atoms with Crippen LogP contribution in [0.15, 0.2) is 28.4 Å². The van der Waals surface area contributed by atoms with E-state index in [1.807, 2.05) is 22.4 Å². The Morgan fingerprint density at radius 3 is 3.00 bits per heavy atom. The Morgan fingerprint density at radius 1 is 1.32 bits per heavy atom. The fourth-order valence-corrected chi connectivity index (χ4v) is 5.32. The Labute approximate surface area is 155 Å². The van der Waals surface area contributed by atoms with Gasteiger partial charge in [-0.25, -0.2) is 4.98 Å². The molecule has 0 aromatic carbocycles. The number of nitrogens with one attached hydrogen (secondary N) is 1. The molecular weight excluding hydrogens is 354 g/mol. The molecule has 5 nitrogen and oxygen atoms in total. The summed E-state index contributed by atoms with van der Waals surface area (Å²) in [5.74, 6) is 0.988. The van der Waals surface area contributed by atoms with Gasteiger partial charge in [-0.05, 0) is 30.2 Å². The lowest BCUT2D eigenvalue weighted by atomic mass is 9.78. The number of thiazole rings is 1. The Morgan fingerprint density at radius 2 is 2.24 bits per heavy atom. The summed E-state index contributed by atoms with van der Waals surface area (Å²) in [6.07, 6.45) is 3.74. The van der Waals surface area contributed by atoms with Crippen LogP contribution in [0.25, 0.3) is 0 Å². The highest BCUT2D eigenvalue weighted by Gasteiger charge is 2.42. The number of hydrogen-bond donors (Lipinski definition) is 1. The third-order valence-corrected chi connectivity index (χ3v) is 6.80.